The number of hydrogen-bond acceptors (Lipinski definition) is 4. The number of carbonyl (C=O) groups is 1. The van der Waals surface area contributed by atoms with Crippen LogP contribution >= 0.6 is 0 Å². The molecule has 0 aromatic rings. The van der Waals surface area contributed by atoms with Crippen LogP contribution in [0, 0.1) is 0 Å². The molecule has 5 nitrogen and oxygen atoms in total. The average Bonchev–Trinajstić information content (AvgIpc) is 2.33. The summed E-state index contributed by atoms with van der Waals surface area (Å²) >= 11 is 0. The van der Waals surface area contributed by atoms with Gasteiger partial charge in [0.1, 0.15) is 0 Å². The minimum Gasteiger partial charge on any atom is -0.479 e. The fourth-order valence-electron chi connectivity index (χ4n) is 2.84. The van der Waals surface area contributed by atoms with E-state index in [4.69, 9.17) is 8.85 Å². The van der Waals surface area contributed by atoms with Crippen molar-refractivity contribution in [3.63, 3.8) is 0 Å². The standard InChI is InChI=1S/C19H40O5Si2/c1-17(2,3)25(7,8)23-14-11-15(13-19(22,12-14)16(20)21)24-26(9,10)18(4,5)6/h14-15,22H,11-13H2,1-10H3,(H,20,21)/t14-,15-/m0/s1. The summed E-state index contributed by atoms with van der Waals surface area (Å²) in [6.07, 6.45) is 0.327. The third-order valence-electron chi connectivity index (χ3n) is 6.59. The summed E-state index contributed by atoms with van der Waals surface area (Å²) in [5, 5.41) is 20.4. The van der Waals surface area contributed by atoms with Crippen LogP contribution in [0.3, 0.4) is 0 Å². The van der Waals surface area contributed by atoms with Crippen molar-refractivity contribution in [2.45, 2.75) is 115 Å². The van der Waals surface area contributed by atoms with Crippen molar-refractivity contribution in [1.29, 1.82) is 0 Å². The Kier molecular flexibility index (Phi) is 6.70. The summed E-state index contributed by atoms with van der Waals surface area (Å²) in [5.41, 5.74) is -1.78. The molecular weight excluding hydrogens is 364 g/mol. The molecular formula is C19H40O5Si2. The molecule has 0 unspecified atom stereocenters. The molecule has 1 rings (SSSR count). The second-order valence-electron chi connectivity index (χ2n) is 11.0. The fourth-order valence-corrected chi connectivity index (χ4v) is 5.57. The first-order chi connectivity index (χ1) is 11.3. The molecule has 0 radical (unpaired) electrons. The second-order valence-corrected chi connectivity index (χ2v) is 20.5. The largest absolute Gasteiger partial charge is 0.479 e. The zero-order valence-corrected chi connectivity index (χ0v) is 20.4. The molecule has 154 valence electrons. The van der Waals surface area contributed by atoms with Crippen LogP contribution in [0.5, 0.6) is 0 Å². The minimum absolute atomic E-state index is 0.0293. The van der Waals surface area contributed by atoms with E-state index in [0.717, 1.165) is 0 Å². The Morgan fingerprint density at radius 2 is 1.19 bits per heavy atom. The maximum Gasteiger partial charge on any atom is 0.335 e. The van der Waals surface area contributed by atoms with Crippen LogP contribution in [0.15, 0.2) is 0 Å². The van der Waals surface area contributed by atoms with E-state index in [1.54, 1.807) is 0 Å². The van der Waals surface area contributed by atoms with Gasteiger partial charge in [0, 0.05) is 12.8 Å². The Hall–Kier alpha value is -0.216. The zero-order valence-electron chi connectivity index (χ0n) is 18.4. The molecule has 0 aromatic heterocycles. The van der Waals surface area contributed by atoms with Crippen molar-refractivity contribution >= 4 is 22.6 Å². The highest BCUT2D eigenvalue weighted by Gasteiger charge is 2.50. The number of hydrogen-bond donors (Lipinski definition) is 2. The summed E-state index contributed by atoms with van der Waals surface area (Å²) in [5.74, 6) is -1.18. The van der Waals surface area contributed by atoms with Crippen LogP contribution < -0.4 is 0 Å². The molecule has 26 heavy (non-hydrogen) atoms. The lowest BCUT2D eigenvalue weighted by atomic mass is 9.81. The van der Waals surface area contributed by atoms with Gasteiger partial charge in [0.2, 0.25) is 0 Å². The molecule has 7 heteroatoms. The van der Waals surface area contributed by atoms with Crippen molar-refractivity contribution in [3.05, 3.63) is 0 Å². The molecule has 0 spiro atoms. The van der Waals surface area contributed by atoms with E-state index < -0.39 is 28.2 Å². The Balaban J connectivity index is 3.06. The highest BCUT2D eigenvalue weighted by molar-refractivity contribution is 6.74. The van der Waals surface area contributed by atoms with Gasteiger partial charge < -0.3 is 19.1 Å². The molecule has 0 bridgehead atoms. The van der Waals surface area contributed by atoms with Crippen molar-refractivity contribution in [1.82, 2.24) is 0 Å². The zero-order chi connectivity index (χ0) is 20.8. The monoisotopic (exact) mass is 404 g/mol. The van der Waals surface area contributed by atoms with Gasteiger partial charge in [-0.1, -0.05) is 41.5 Å². The van der Waals surface area contributed by atoms with Gasteiger partial charge in [0.25, 0.3) is 0 Å². The van der Waals surface area contributed by atoms with Gasteiger partial charge in [0.15, 0.2) is 22.2 Å². The smallest absolute Gasteiger partial charge is 0.335 e. The summed E-state index contributed by atoms with van der Waals surface area (Å²) < 4.78 is 12.9. The van der Waals surface area contributed by atoms with Crippen molar-refractivity contribution < 1.29 is 23.9 Å². The van der Waals surface area contributed by atoms with E-state index >= 15 is 0 Å². The van der Waals surface area contributed by atoms with Crippen LogP contribution in [0.1, 0.15) is 60.8 Å². The lowest BCUT2D eigenvalue weighted by Crippen LogP contribution is -2.56. The third-order valence-corrected chi connectivity index (χ3v) is 15.7. The van der Waals surface area contributed by atoms with Crippen LogP contribution in [-0.4, -0.2) is 50.6 Å². The molecule has 1 fully saturated rings. The molecule has 0 aromatic carbocycles. The first kappa shape index (κ1) is 23.8. The van der Waals surface area contributed by atoms with Crippen LogP contribution in [-0.2, 0) is 13.6 Å². The first-order valence-electron chi connectivity index (χ1n) is 9.62. The predicted octanol–water partition coefficient (Wildman–Crippen LogP) is 4.77. The molecule has 0 saturated heterocycles. The second kappa shape index (κ2) is 7.31. The first-order valence-corrected chi connectivity index (χ1v) is 15.4. The van der Waals surface area contributed by atoms with E-state index in [2.05, 4.69) is 67.7 Å². The molecule has 0 heterocycles. The minimum atomic E-state index is -2.06. The van der Waals surface area contributed by atoms with E-state index in [-0.39, 0.29) is 35.1 Å². The molecule has 2 N–H and O–H groups in total. The highest BCUT2D eigenvalue weighted by atomic mass is 28.4. The van der Waals surface area contributed by atoms with Gasteiger partial charge in [-0.15, -0.1) is 0 Å². The molecule has 1 aliphatic carbocycles. The van der Waals surface area contributed by atoms with Crippen molar-refractivity contribution in [2.75, 3.05) is 0 Å². The van der Waals surface area contributed by atoms with Gasteiger partial charge in [-0.25, -0.2) is 4.79 Å². The normalized spacial score (nSPS) is 28.9. The maximum absolute atomic E-state index is 11.8. The molecule has 2 atom stereocenters. The number of carboxylic acids is 1. The van der Waals surface area contributed by atoms with Gasteiger partial charge in [-0.05, 0) is 42.7 Å². The van der Waals surface area contributed by atoms with Crippen molar-refractivity contribution in [3.8, 4) is 0 Å². The van der Waals surface area contributed by atoms with E-state index in [0.29, 0.717) is 6.42 Å². The summed E-state index contributed by atoms with van der Waals surface area (Å²) in [6.45, 7) is 21.6. The Bertz CT molecular complexity index is 481. The number of carboxylic acid groups (broad SMARTS) is 1. The predicted molar refractivity (Wildman–Crippen MR) is 111 cm³/mol. The van der Waals surface area contributed by atoms with Crippen LogP contribution in [0.2, 0.25) is 36.3 Å². The fraction of sp³-hybridized carbons (Fsp3) is 0.947. The lowest BCUT2D eigenvalue weighted by Gasteiger charge is -2.47. The quantitative estimate of drug-likeness (QED) is 0.646. The molecule has 0 aliphatic heterocycles. The Morgan fingerprint density at radius 3 is 1.42 bits per heavy atom. The van der Waals surface area contributed by atoms with Gasteiger partial charge in [0.05, 0.1) is 12.2 Å². The van der Waals surface area contributed by atoms with E-state index in [1.807, 2.05) is 0 Å². The molecule has 0 amide bonds. The topological polar surface area (TPSA) is 76.0 Å². The SMILES string of the molecule is CC(C)(C)[Si](C)(C)O[C@H]1C[C@H](O[Si](C)(C)C(C)(C)C)CC(O)(C(=O)O)C1. The van der Waals surface area contributed by atoms with E-state index in [9.17, 15) is 15.0 Å². The number of rotatable bonds is 5. The Labute approximate surface area is 161 Å². The summed E-state index contributed by atoms with van der Waals surface area (Å²) in [4.78, 5) is 11.8. The number of aliphatic hydroxyl groups is 1. The van der Waals surface area contributed by atoms with Gasteiger partial charge >= 0.3 is 5.97 Å². The van der Waals surface area contributed by atoms with E-state index in [1.165, 1.54) is 0 Å². The highest BCUT2D eigenvalue weighted by Crippen LogP contribution is 2.43. The molecule has 1 saturated carbocycles. The third kappa shape index (κ3) is 5.41. The molecule has 1 aliphatic rings. The van der Waals surface area contributed by atoms with Crippen LogP contribution in [0.4, 0.5) is 0 Å². The average molecular weight is 405 g/mol. The summed E-state index contributed by atoms with van der Waals surface area (Å²) in [6, 6.07) is 0. The maximum atomic E-state index is 11.8. The summed E-state index contributed by atoms with van der Waals surface area (Å²) in [7, 11) is -4.13. The lowest BCUT2D eigenvalue weighted by molar-refractivity contribution is -0.170. The number of aliphatic carboxylic acids is 1. The van der Waals surface area contributed by atoms with Crippen molar-refractivity contribution in [2.24, 2.45) is 0 Å². The van der Waals surface area contributed by atoms with Gasteiger partial charge in [-0.2, -0.15) is 0 Å². The van der Waals surface area contributed by atoms with Crippen LogP contribution in [0.25, 0.3) is 0 Å². The van der Waals surface area contributed by atoms with Gasteiger partial charge in [-0.3, -0.25) is 0 Å². The Morgan fingerprint density at radius 1 is 0.885 bits per heavy atom.